The lowest BCUT2D eigenvalue weighted by Crippen LogP contribution is -2.61. The summed E-state index contributed by atoms with van der Waals surface area (Å²) < 4.78 is 13.8. The van der Waals surface area contributed by atoms with Gasteiger partial charge in [0, 0.05) is 152 Å². The van der Waals surface area contributed by atoms with E-state index in [1.54, 1.807) is 0 Å². The number of benzene rings is 21. The number of anilines is 18. The van der Waals surface area contributed by atoms with Crippen molar-refractivity contribution in [3.63, 3.8) is 0 Å². The molecular weight excluding hydrogens is 1690 g/mol. The number of furan rings is 2. The topological polar surface area (TPSA) is 58.6 Å². The molecule has 9 nitrogen and oxygen atoms in total. The minimum Gasteiger partial charge on any atom is -0.456 e. The summed E-state index contributed by atoms with van der Waals surface area (Å²) in [5.74, 6) is 0. The predicted molar refractivity (Wildman–Crippen MR) is 583 cm³/mol. The molecule has 21 aromatic carbocycles. The van der Waals surface area contributed by atoms with Crippen LogP contribution in [-0.2, 0) is 0 Å². The van der Waals surface area contributed by atoms with Crippen molar-refractivity contribution in [1.82, 2.24) is 4.98 Å². The molecule has 6 aliphatic rings. The standard InChI is InChI=1S/C127H78B3N7O2/c1-7-32-89(33-8-1)132-109-49-24-21-45-102(109)128-105-63-58-85(75-117(105)135(92-38-13-4-14-39-92)114-54-28-52-112(132)122(114)128)108-64-59-86(78-131-108)81-60-66-118-98(70-81)101-72-87-68-83(57-56-82(87)77-121(101)138-118)97-73-88(74-107-126(97)136(93-40-15-5-16-41-93)115-55-29-53-113-123(115)130(107)104-47-23-26-51-111(104)133(113)90-34-9-2-10-35-90)96-62-65-116-124-127(96)137(94-42-17-6-18-43-94)125-95(84-61-67-119-99(71-84)100-69-79-30-19-20-31-80(79)76-120(100)139-119)44-27-48-106(125)129(124)103-46-22-25-50-110(103)134(116)91-36-11-3-12-37-91/h1-78H. The molecule has 0 saturated carbocycles. The van der Waals surface area contributed by atoms with Crippen molar-refractivity contribution in [3.05, 3.63) is 473 Å². The lowest BCUT2D eigenvalue weighted by Gasteiger charge is -2.46. The number of para-hydroxylation sites is 10. The van der Waals surface area contributed by atoms with Crippen LogP contribution in [-0.4, -0.2) is 25.1 Å². The molecule has 0 spiro atoms. The largest absolute Gasteiger partial charge is 0.456 e. The van der Waals surface area contributed by atoms with Gasteiger partial charge in [-0.15, -0.1) is 0 Å². The Kier molecular flexibility index (Phi) is 16.8. The third-order valence-corrected chi connectivity index (χ3v) is 30.1. The summed E-state index contributed by atoms with van der Waals surface area (Å²) in [7, 11) is 0. The van der Waals surface area contributed by atoms with Crippen LogP contribution in [0, 0.1) is 0 Å². The van der Waals surface area contributed by atoms with Crippen molar-refractivity contribution in [3.8, 4) is 55.8 Å². The van der Waals surface area contributed by atoms with E-state index in [1.807, 2.05) is 6.20 Å². The average Bonchev–Trinajstić information content (AvgIpc) is 1.61. The van der Waals surface area contributed by atoms with E-state index >= 15 is 0 Å². The van der Waals surface area contributed by atoms with Crippen LogP contribution in [0.15, 0.2) is 482 Å². The summed E-state index contributed by atoms with van der Waals surface area (Å²) in [5.41, 5.74) is 45.4. The van der Waals surface area contributed by atoms with Gasteiger partial charge in [-0.25, -0.2) is 0 Å². The van der Waals surface area contributed by atoms with Gasteiger partial charge in [0.15, 0.2) is 0 Å². The van der Waals surface area contributed by atoms with Gasteiger partial charge in [0.25, 0.3) is 20.1 Å². The summed E-state index contributed by atoms with van der Waals surface area (Å²) in [6.45, 7) is -0.448. The highest BCUT2D eigenvalue weighted by Crippen LogP contribution is 2.56. The fraction of sp³-hybridized carbons (Fsp3) is 0. The molecule has 24 aromatic rings. The number of rotatable bonds is 11. The average molecular weight is 1770 g/mol. The molecule has 9 heterocycles. The maximum atomic E-state index is 6.98. The van der Waals surface area contributed by atoms with Crippen LogP contribution in [0.25, 0.3) is 121 Å². The summed E-state index contributed by atoms with van der Waals surface area (Å²) in [6.07, 6.45) is 2.04. The van der Waals surface area contributed by atoms with E-state index < -0.39 is 0 Å². The van der Waals surface area contributed by atoms with Crippen molar-refractivity contribution >= 4 is 237 Å². The Hall–Kier alpha value is -18.1. The molecule has 139 heavy (non-hydrogen) atoms. The first-order valence-electron chi connectivity index (χ1n) is 48.0. The van der Waals surface area contributed by atoms with Crippen LogP contribution in [0.1, 0.15) is 0 Å². The highest BCUT2D eigenvalue weighted by atomic mass is 16.3. The SMILES string of the molecule is c1ccc(N2c3ccccc3B3c4ccc(-c5ccc(-c6ccc7oc8cc9ccc(-c%10cc(-c%11ccc%12c%13c%11N(c%11ccccc%11)c%11c(cccc%11-c%11ccc%14oc%15cc%16ccccc%16cc%15c%14c%11)B%13c%11ccccc%11N%12c%11ccccc%11)cc%11c%10N(c%10ccccc%10)c%10cccc%12c%10B%11c%10ccccc%10N%12c%10ccccc%10)cc9cc8c7c6)cn5)cc4N(c4ccccc4)c4cccc2c43)cc1. The van der Waals surface area contributed by atoms with Gasteiger partial charge < -0.3 is 38.2 Å². The first kappa shape index (κ1) is 77.3. The van der Waals surface area contributed by atoms with Gasteiger partial charge in [-0.1, -0.05) is 273 Å². The molecule has 0 fully saturated rings. The Morgan fingerprint density at radius 2 is 0.561 bits per heavy atom. The monoisotopic (exact) mass is 1770 g/mol. The quantitative estimate of drug-likeness (QED) is 0.118. The molecule has 0 aliphatic carbocycles. The van der Waals surface area contributed by atoms with Gasteiger partial charge in [0.2, 0.25) is 0 Å². The van der Waals surface area contributed by atoms with Crippen LogP contribution >= 0.6 is 0 Å². The van der Waals surface area contributed by atoms with E-state index in [0.717, 1.165) is 201 Å². The molecule has 12 heteroatoms. The number of pyridine rings is 1. The second-order valence-corrected chi connectivity index (χ2v) is 37.5. The van der Waals surface area contributed by atoms with Gasteiger partial charge in [-0.2, -0.15) is 0 Å². The van der Waals surface area contributed by atoms with Crippen LogP contribution in [0.5, 0.6) is 0 Å². The Morgan fingerprint density at radius 3 is 1.12 bits per heavy atom. The lowest BCUT2D eigenvalue weighted by molar-refractivity contribution is 0.669. The Bertz CT molecular complexity index is 9280. The highest BCUT2D eigenvalue weighted by Gasteiger charge is 2.49. The van der Waals surface area contributed by atoms with Crippen molar-refractivity contribution in [2.24, 2.45) is 0 Å². The molecule has 0 saturated heterocycles. The number of hydrogen-bond acceptors (Lipinski definition) is 9. The molecule has 3 aromatic heterocycles. The van der Waals surface area contributed by atoms with E-state index in [4.69, 9.17) is 13.8 Å². The molecule has 0 amide bonds. The molecule has 0 atom stereocenters. The van der Waals surface area contributed by atoms with Crippen LogP contribution < -0.4 is 78.6 Å². The third kappa shape index (κ3) is 11.6. The lowest BCUT2D eigenvalue weighted by atomic mass is 9.32. The molecule has 642 valence electrons. The molecule has 0 N–H and O–H groups in total. The van der Waals surface area contributed by atoms with Gasteiger partial charge in [-0.3, -0.25) is 4.98 Å². The second-order valence-electron chi connectivity index (χ2n) is 37.5. The Morgan fingerprint density at radius 1 is 0.180 bits per heavy atom. The van der Waals surface area contributed by atoms with Crippen molar-refractivity contribution in [2.45, 2.75) is 0 Å². The van der Waals surface area contributed by atoms with Gasteiger partial charge in [-0.05, 0) is 287 Å². The van der Waals surface area contributed by atoms with Gasteiger partial charge in [0.1, 0.15) is 22.3 Å². The molecule has 30 rings (SSSR count). The molecule has 6 aliphatic heterocycles. The van der Waals surface area contributed by atoms with E-state index in [9.17, 15) is 0 Å². The van der Waals surface area contributed by atoms with Gasteiger partial charge in [0.05, 0.1) is 11.4 Å². The maximum absolute atomic E-state index is 6.98. The number of fused-ring (bicyclic) bond motifs is 20. The molecular formula is C127H78B3N7O2. The Balaban J connectivity index is 0.609. The highest BCUT2D eigenvalue weighted by molar-refractivity contribution is 7.02. The van der Waals surface area contributed by atoms with Gasteiger partial charge >= 0.3 is 0 Å². The fourth-order valence-corrected chi connectivity index (χ4v) is 24.3. The molecule has 0 bridgehead atoms. The second kappa shape index (κ2) is 30.2. The normalized spacial score (nSPS) is 13.3. The summed E-state index contributed by atoms with van der Waals surface area (Å²) >= 11 is 0. The molecule has 0 unspecified atom stereocenters. The number of hydrogen-bond donors (Lipinski definition) is 0. The molecule has 0 radical (unpaired) electrons. The van der Waals surface area contributed by atoms with Crippen LogP contribution in [0.4, 0.5) is 102 Å². The van der Waals surface area contributed by atoms with Crippen LogP contribution in [0.2, 0.25) is 0 Å². The summed E-state index contributed by atoms with van der Waals surface area (Å²) in [5, 5.41) is 8.74. The number of nitrogens with zero attached hydrogens (tertiary/aromatic N) is 7. The fourth-order valence-electron chi connectivity index (χ4n) is 24.3. The van der Waals surface area contributed by atoms with E-state index in [1.165, 1.54) is 71.6 Å². The first-order valence-corrected chi connectivity index (χ1v) is 48.0. The zero-order valence-corrected chi connectivity index (χ0v) is 75.2. The predicted octanol–water partition coefficient (Wildman–Crippen LogP) is 27.8. The summed E-state index contributed by atoms with van der Waals surface area (Å²) in [6, 6.07) is 174. The van der Waals surface area contributed by atoms with Crippen molar-refractivity contribution in [2.75, 3.05) is 29.4 Å². The summed E-state index contributed by atoms with van der Waals surface area (Å²) in [4.78, 5) is 20.5. The van der Waals surface area contributed by atoms with Crippen LogP contribution in [0.3, 0.4) is 0 Å². The van der Waals surface area contributed by atoms with Crippen molar-refractivity contribution in [1.29, 1.82) is 0 Å². The number of aromatic nitrogens is 1. The van der Waals surface area contributed by atoms with E-state index in [0.29, 0.717) is 0 Å². The minimum atomic E-state index is -0.235. The minimum absolute atomic E-state index is 0.000959. The third-order valence-electron chi connectivity index (χ3n) is 30.1. The van der Waals surface area contributed by atoms with Crippen molar-refractivity contribution < 1.29 is 8.83 Å². The van der Waals surface area contributed by atoms with E-state index in [2.05, 4.69) is 497 Å². The van der Waals surface area contributed by atoms with E-state index in [-0.39, 0.29) is 20.1 Å². The first-order chi connectivity index (χ1) is 69.0. The zero-order valence-electron chi connectivity index (χ0n) is 75.2. The maximum Gasteiger partial charge on any atom is 0.252 e. The smallest absolute Gasteiger partial charge is 0.252 e. The Labute approximate surface area is 803 Å². The zero-order chi connectivity index (χ0) is 90.8.